The monoisotopic (exact) mass is 333 g/mol. The van der Waals surface area contributed by atoms with Crippen molar-refractivity contribution in [2.75, 3.05) is 0 Å². The molecule has 1 saturated carbocycles. The molecule has 0 aliphatic heterocycles. The van der Waals surface area contributed by atoms with E-state index in [-0.39, 0.29) is 11.4 Å². The summed E-state index contributed by atoms with van der Waals surface area (Å²) in [6.07, 6.45) is 6.23. The van der Waals surface area contributed by atoms with Gasteiger partial charge in [0.25, 0.3) is 0 Å². The molecule has 3 rings (SSSR count). The van der Waals surface area contributed by atoms with Crippen molar-refractivity contribution in [2.24, 2.45) is 0 Å². The summed E-state index contributed by atoms with van der Waals surface area (Å²) in [4.78, 5) is 0.288. The molecule has 124 valence electrons. The van der Waals surface area contributed by atoms with E-state index in [2.05, 4.69) is 9.82 Å². The highest BCUT2D eigenvalue weighted by Gasteiger charge is 2.24. The molecule has 0 atom stereocenters. The molecule has 0 unspecified atom stereocenters. The summed E-state index contributed by atoms with van der Waals surface area (Å²) in [6, 6.07) is 8.18. The van der Waals surface area contributed by atoms with Crippen molar-refractivity contribution < 1.29 is 8.42 Å². The predicted octanol–water partition coefficient (Wildman–Crippen LogP) is 3.09. The Balaban J connectivity index is 1.75. The maximum atomic E-state index is 12.6. The summed E-state index contributed by atoms with van der Waals surface area (Å²) in [6.45, 7) is 4.05. The number of benzene rings is 1. The third kappa shape index (κ3) is 3.64. The van der Waals surface area contributed by atoms with Gasteiger partial charge in [0.15, 0.2) is 0 Å². The van der Waals surface area contributed by atoms with Gasteiger partial charge in [-0.05, 0) is 32.3 Å². The summed E-state index contributed by atoms with van der Waals surface area (Å²) >= 11 is 0. The van der Waals surface area contributed by atoms with E-state index < -0.39 is 10.0 Å². The molecule has 1 aliphatic carbocycles. The first kappa shape index (κ1) is 16.2. The molecule has 1 heterocycles. The summed E-state index contributed by atoms with van der Waals surface area (Å²) in [5, 5.41) is 4.42. The molecule has 1 aromatic carbocycles. The van der Waals surface area contributed by atoms with Crippen molar-refractivity contribution >= 4 is 10.0 Å². The second kappa shape index (κ2) is 6.45. The smallest absolute Gasteiger partial charge is 0.244 e. The molecule has 1 fully saturated rings. The summed E-state index contributed by atoms with van der Waals surface area (Å²) < 4.78 is 29.6. The minimum Gasteiger partial charge on any atom is -0.268 e. The van der Waals surface area contributed by atoms with Crippen LogP contribution in [-0.2, 0) is 16.6 Å². The van der Waals surface area contributed by atoms with Gasteiger partial charge in [-0.25, -0.2) is 13.1 Å². The maximum Gasteiger partial charge on any atom is 0.244 e. The lowest BCUT2D eigenvalue weighted by molar-refractivity contribution is 0.464. The molecule has 0 saturated heterocycles. The topological polar surface area (TPSA) is 64.0 Å². The van der Waals surface area contributed by atoms with Gasteiger partial charge in [0, 0.05) is 12.7 Å². The Kier molecular flexibility index (Phi) is 4.55. The van der Waals surface area contributed by atoms with Crippen LogP contribution in [0.3, 0.4) is 0 Å². The van der Waals surface area contributed by atoms with E-state index in [1.54, 1.807) is 13.1 Å². The number of nitrogens with zero attached hydrogens (tertiary/aromatic N) is 2. The summed E-state index contributed by atoms with van der Waals surface area (Å²) in [5.41, 5.74) is 2.67. The van der Waals surface area contributed by atoms with Crippen molar-refractivity contribution in [1.82, 2.24) is 14.5 Å². The first-order valence-corrected chi connectivity index (χ1v) is 9.55. The van der Waals surface area contributed by atoms with Crippen LogP contribution in [0.25, 0.3) is 0 Å². The van der Waals surface area contributed by atoms with E-state index in [1.807, 2.05) is 35.9 Å². The van der Waals surface area contributed by atoms with Gasteiger partial charge in [-0.2, -0.15) is 5.10 Å². The van der Waals surface area contributed by atoms with Crippen LogP contribution < -0.4 is 4.72 Å². The van der Waals surface area contributed by atoms with Crippen molar-refractivity contribution in [1.29, 1.82) is 0 Å². The Bertz CT molecular complexity index is 773. The Morgan fingerprint density at radius 1 is 1.17 bits per heavy atom. The Labute approximate surface area is 137 Å². The average Bonchev–Trinajstić information content (AvgIpc) is 3.16. The fourth-order valence-corrected chi connectivity index (χ4v) is 4.24. The maximum absolute atomic E-state index is 12.6. The molecule has 0 spiro atoms. The zero-order valence-electron chi connectivity index (χ0n) is 13.6. The van der Waals surface area contributed by atoms with Crippen LogP contribution in [0.5, 0.6) is 0 Å². The quantitative estimate of drug-likeness (QED) is 0.914. The molecule has 2 aromatic rings. The highest BCUT2D eigenvalue weighted by Crippen LogP contribution is 2.30. The minimum atomic E-state index is -3.54. The molecule has 6 heteroatoms. The van der Waals surface area contributed by atoms with Gasteiger partial charge in [0.1, 0.15) is 4.90 Å². The minimum absolute atomic E-state index is 0.288. The first-order valence-electron chi connectivity index (χ1n) is 8.07. The highest BCUT2D eigenvalue weighted by molar-refractivity contribution is 7.89. The van der Waals surface area contributed by atoms with Crippen LogP contribution in [0.2, 0.25) is 0 Å². The highest BCUT2D eigenvalue weighted by atomic mass is 32.2. The molecular formula is C17H23N3O2S. The summed E-state index contributed by atoms with van der Waals surface area (Å²) in [7, 11) is -3.54. The normalized spacial score (nSPS) is 16.1. The molecule has 1 aliphatic rings. The average molecular weight is 333 g/mol. The van der Waals surface area contributed by atoms with Crippen LogP contribution in [0.15, 0.2) is 35.4 Å². The predicted molar refractivity (Wildman–Crippen MR) is 89.7 cm³/mol. The number of sulfonamides is 1. The van der Waals surface area contributed by atoms with Crippen molar-refractivity contribution in [3.05, 3.63) is 47.3 Å². The first-order chi connectivity index (χ1) is 11.0. The number of aromatic nitrogens is 2. The fraction of sp³-hybridized carbons (Fsp3) is 0.471. The van der Waals surface area contributed by atoms with E-state index >= 15 is 0 Å². The van der Waals surface area contributed by atoms with Crippen molar-refractivity contribution in [2.45, 2.75) is 57.0 Å². The molecule has 5 nitrogen and oxygen atoms in total. The van der Waals surface area contributed by atoms with E-state index in [0.717, 1.165) is 24.0 Å². The van der Waals surface area contributed by atoms with Crippen LogP contribution in [0.4, 0.5) is 0 Å². The van der Waals surface area contributed by atoms with Gasteiger partial charge in [-0.3, -0.25) is 4.68 Å². The van der Waals surface area contributed by atoms with Crippen LogP contribution in [-0.4, -0.2) is 18.2 Å². The summed E-state index contributed by atoms with van der Waals surface area (Å²) in [5.74, 6) is 0. The third-order valence-corrected chi connectivity index (χ3v) is 5.95. The van der Waals surface area contributed by atoms with Gasteiger partial charge in [0.05, 0.1) is 11.7 Å². The van der Waals surface area contributed by atoms with E-state index in [0.29, 0.717) is 11.7 Å². The number of aryl methyl sites for hydroxylation is 2. The number of hydrogen-bond donors (Lipinski definition) is 1. The van der Waals surface area contributed by atoms with Crippen LogP contribution in [0.1, 0.15) is 48.5 Å². The molecule has 23 heavy (non-hydrogen) atoms. The lowest BCUT2D eigenvalue weighted by atomic mass is 10.2. The Morgan fingerprint density at radius 3 is 2.48 bits per heavy atom. The molecule has 0 bridgehead atoms. The van der Waals surface area contributed by atoms with Gasteiger partial charge < -0.3 is 0 Å². The molecule has 1 aromatic heterocycles. The van der Waals surface area contributed by atoms with Gasteiger partial charge in [-0.1, -0.05) is 42.7 Å². The largest absolute Gasteiger partial charge is 0.268 e. The van der Waals surface area contributed by atoms with Gasteiger partial charge >= 0.3 is 0 Å². The number of nitrogens with one attached hydrogen (secondary N) is 1. The Hall–Kier alpha value is -1.66. The van der Waals surface area contributed by atoms with Crippen LogP contribution in [0, 0.1) is 13.8 Å². The van der Waals surface area contributed by atoms with E-state index in [4.69, 9.17) is 0 Å². The molecule has 0 radical (unpaired) electrons. The molecule has 1 N–H and O–H groups in total. The number of hydrogen-bond acceptors (Lipinski definition) is 3. The zero-order valence-corrected chi connectivity index (χ0v) is 14.4. The second-order valence-corrected chi connectivity index (χ2v) is 8.04. The van der Waals surface area contributed by atoms with Gasteiger partial charge in [-0.15, -0.1) is 0 Å². The number of rotatable bonds is 5. The zero-order chi connectivity index (χ0) is 16.4. The van der Waals surface area contributed by atoms with E-state index in [9.17, 15) is 8.42 Å². The van der Waals surface area contributed by atoms with Crippen LogP contribution >= 0.6 is 0 Å². The van der Waals surface area contributed by atoms with Gasteiger partial charge in [0.2, 0.25) is 10.0 Å². The fourth-order valence-electron chi connectivity index (χ4n) is 3.05. The Morgan fingerprint density at radius 2 is 1.83 bits per heavy atom. The third-order valence-electron chi connectivity index (χ3n) is 4.45. The van der Waals surface area contributed by atoms with Crippen molar-refractivity contribution in [3.8, 4) is 0 Å². The van der Waals surface area contributed by atoms with E-state index in [1.165, 1.54) is 12.8 Å². The lowest BCUT2D eigenvalue weighted by Crippen LogP contribution is -2.23. The van der Waals surface area contributed by atoms with Crippen molar-refractivity contribution in [3.63, 3.8) is 0 Å². The lowest BCUT2D eigenvalue weighted by Gasteiger charge is -2.08. The SMILES string of the molecule is Cc1ccc(CNS(=O)(=O)c2cn(C3CCCC3)nc2C)cc1. The molecule has 0 amide bonds. The second-order valence-electron chi connectivity index (χ2n) is 6.31. The molecular weight excluding hydrogens is 310 g/mol. The standard InChI is InChI=1S/C17H23N3O2S/c1-13-7-9-15(10-8-13)11-18-23(21,22)17-12-20(19-14(17)2)16-5-3-4-6-16/h7-10,12,16,18H,3-6,11H2,1-2H3.